The summed E-state index contributed by atoms with van der Waals surface area (Å²) in [6.45, 7) is 4.03. The van der Waals surface area contributed by atoms with Gasteiger partial charge in [-0.1, -0.05) is 30.3 Å². The van der Waals surface area contributed by atoms with Crippen molar-refractivity contribution in [3.05, 3.63) is 58.1 Å². The summed E-state index contributed by atoms with van der Waals surface area (Å²) < 4.78 is 5.48. The highest BCUT2D eigenvalue weighted by Gasteiger charge is 2.25. The number of amides is 1. The van der Waals surface area contributed by atoms with E-state index >= 15 is 0 Å². The van der Waals surface area contributed by atoms with Crippen LogP contribution in [-0.4, -0.2) is 41.6 Å². The van der Waals surface area contributed by atoms with Gasteiger partial charge in [0.15, 0.2) is 0 Å². The number of rotatable bonds is 6. The maximum Gasteiger partial charge on any atom is 0.246 e. The molecule has 1 aliphatic rings. The van der Waals surface area contributed by atoms with E-state index in [1.807, 2.05) is 35.4 Å². The molecule has 1 atom stereocenters. The fourth-order valence-corrected chi connectivity index (χ4v) is 3.42. The molecule has 1 saturated heterocycles. The van der Waals surface area contributed by atoms with E-state index in [-0.39, 0.29) is 11.9 Å². The second kappa shape index (κ2) is 8.22. The lowest BCUT2D eigenvalue weighted by molar-refractivity contribution is -0.128. The van der Waals surface area contributed by atoms with Crippen LogP contribution in [0.15, 0.2) is 41.8 Å². The van der Waals surface area contributed by atoms with Crippen LogP contribution in [0.25, 0.3) is 6.08 Å². The third-order valence-corrected chi connectivity index (χ3v) is 4.94. The Morgan fingerprint density at radius 1 is 1.42 bits per heavy atom. The Hall–Kier alpha value is -1.98. The van der Waals surface area contributed by atoms with Crippen LogP contribution in [0.3, 0.4) is 0 Å². The van der Waals surface area contributed by atoms with Crippen molar-refractivity contribution in [1.82, 2.24) is 9.88 Å². The van der Waals surface area contributed by atoms with Crippen molar-refractivity contribution < 1.29 is 9.53 Å². The second-order valence-electron chi connectivity index (χ2n) is 5.91. The van der Waals surface area contributed by atoms with Crippen LogP contribution in [0, 0.1) is 6.92 Å². The van der Waals surface area contributed by atoms with Gasteiger partial charge in [0, 0.05) is 24.6 Å². The lowest BCUT2D eigenvalue weighted by atomic mass is 10.1. The molecule has 0 radical (unpaired) electrons. The molecule has 5 heteroatoms. The second-order valence-corrected chi connectivity index (χ2v) is 6.97. The molecule has 24 heavy (non-hydrogen) atoms. The third-order valence-electron chi connectivity index (χ3n) is 4.15. The summed E-state index contributed by atoms with van der Waals surface area (Å²) in [5.41, 5.74) is 2.09. The summed E-state index contributed by atoms with van der Waals surface area (Å²) in [6, 6.07) is 10.4. The van der Waals surface area contributed by atoms with Gasteiger partial charge in [0.05, 0.1) is 23.4 Å². The van der Waals surface area contributed by atoms with Gasteiger partial charge in [0.2, 0.25) is 5.91 Å². The molecular formula is C19H22N2O2S. The molecule has 0 aliphatic carbocycles. The zero-order valence-electron chi connectivity index (χ0n) is 13.9. The molecule has 3 rings (SSSR count). The van der Waals surface area contributed by atoms with Gasteiger partial charge in [-0.05, 0) is 31.4 Å². The van der Waals surface area contributed by atoms with Crippen molar-refractivity contribution in [2.45, 2.75) is 25.8 Å². The van der Waals surface area contributed by atoms with E-state index in [0.29, 0.717) is 13.2 Å². The number of aromatic nitrogens is 1. The van der Waals surface area contributed by atoms with Crippen LogP contribution >= 0.6 is 11.3 Å². The van der Waals surface area contributed by atoms with Gasteiger partial charge in [-0.3, -0.25) is 4.79 Å². The van der Waals surface area contributed by atoms with Gasteiger partial charge in [-0.15, -0.1) is 11.3 Å². The number of benzene rings is 1. The fraction of sp³-hybridized carbons (Fsp3) is 0.368. The summed E-state index contributed by atoms with van der Waals surface area (Å²) in [7, 11) is 0. The van der Waals surface area contributed by atoms with Gasteiger partial charge in [0.1, 0.15) is 0 Å². The lowest BCUT2D eigenvalue weighted by Crippen LogP contribution is -2.41. The minimum Gasteiger partial charge on any atom is -0.379 e. The number of ether oxygens (including phenoxy) is 1. The van der Waals surface area contributed by atoms with Crippen molar-refractivity contribution in [1.29, 1.82) is 0 Å². The fourth-order valence-electron chi connectivity index (χ4n) is 2.84. The molecule has 4 nitrogen and oxygen atoms in total. The zero-order valence-corrected chi connectivity index (χ0v) is 14.7. The van der Waals surface area contributed by atoms with Crippen LogP contribution in [0.5, 0.6) is 0 Å². The van der Waals surface area contributed by atoms with Gasteiger partial charge >= 0.3 is 0 Å². The maximum atomic E-state index is 12.7. The molecule has 2 aromatic rings. The molecule has 0 bridgehead atoms. The van der Waals surface area contributed by atoms with E-state index in [4.69, 9.17) is 4.74 Å². The van der Waals surface area contributed by atoms with E-state index in [1.54, 1.807) is 23.5 Å². The van der Waals surface area contributed by atoms with Gasteiger partial charge in [-0.2, -0.15) is 0 Å². The summed E-state index contributed by atoms with van der Waals surface area (Å²) in [5.74, 6) is 0.0343. The van der Waals surface area contributed by atoms with Gasteiger partial charge < -0.3 is 9.64 Å². The average molecular weight is 342 g/mol. The zero-order chi connectivity index (χ0) is 16.8. The first kappa shape index (κ1) is 16.9. The first-order valence-electron chi connectivity index (χ1n) is 8.25. The topological polar surface area (TPSA) is 42.4 Å². The largest absolute Gasteiger partial charge is 0.379 e. The van der Waals surface area contributed by atoms with E-state index in [0.717, 1.165) is 30.2 Å². The third kappa shape index (κ3) is 4.52. The first-order chi connectivity index (χ1) is 11.7. The monoisotopic (exact) mass is 342 g/mol. The van der Waals surface area contributed by atoms with E-state index in [2.05, 4.69) is 17.1 Å². The molecule has 1 fully saturated rings. The minimum absolute atomic E-state index is 0.0343. The van der Waals surface area contributed by atoms with Crippen molar-refractivity contribution in [2.24, 2.45) is 0 Å². The summed E-state index contributed by atoms with van der Waals surface area (Å²) in [5, 5.41) is 2.97. The predicted molar refractivity (Wildman–Crippen MR) is 97.0 cm³/mol. The summed E-state index contributed by atoms with van der Waals surface area (Å²) in [4.78, 5) is 19.0. The molecule has 2 heterocycles. The minimum atomic E-state index is 0.0343. The number of hydrogen-bond donors (Lipinski definition) is 0. The maximum absolute atomic E-state index is 12.7. The Labute approximate surface area is 146 Å². The Bertz CT molecular complexity index is 690. The standard InChI is InChI=1S/C19H22N2O2S/c1-15-20-17(14-24-15)7-8-19(22)21(18-10-12-23-13-18)11-9-16-5-3-2-4-6-16/h2-8,14,18H,9-13H2,1H3/b8-7-/t18-/m0/s1. The highest BCUT2D eigenvalue weighted by Crippen LogP contribution is 2.15. The molecule has 1 aromatic carbocycles. The van der Waals surface area contributed by atoms with Crippen molar-refractivity contribution in [3.63, 3.8) is 0 Å². The smallest absolute Gasteiger partial charge is 0.246 e. The molecule has 126 valence electrons. The molecule has 0 N–H and O–H groups in total. The van der Waals surface area contributed by atoms with Crippen molar-refractivity contribution in [3.8, 4) is 0 Å². The quantitative estimate of drug-likeness (QED) is 0.756. The van der Waals surface area contributed by atoms with Crippen LogP contribution in [0.4, 0.5) is 0 Å². The molecule has 0 spiro atoms. The summed E-state index contributed by atoms with van der Waals surface area (Å²) in [6.07, 6.45) is 5.20. The number of carbonyl (C=O) groups is 1. The molecule has 1 aliphatic heterocycles. The van der Waals surface area contributed by atoms with Crippen LogP contribution in [0.2, 0.25) is 0 Å². The molecular weight excluding hydrogens is 320 g/mol. The molecule has 1 aromatic heterocycles. The van der Waals surface area contributed by atoms with Gasteiger partial charge in [-0.25, -0.2) is 4.98 Å². The number of hydrogen-bond acceptors (Lipinski definition) is 4. The van der Waals surface area contributed by atoms with Crippen LogP contribution < -0.4 is 0 Å². The number of thiazole rings is 1. The predicted octanol–water partition coefficient (Wildman–Crippen LogP) is 3.32. The molecule has 1 amide bonds. The van der Waals surface area contributed by atoms with Crippen molar-refractivity contribution in [2.75, 3.05) is 19.8 Å². The lowest BCUT2D eigenvalue weighted by Gasteiger charge is -2.27. The van der Waals surface area contributed by atoms with Gasteiger partial charge in [0.25, 0.3) is 0 Å². The molecule has 0 saturated carbocycles. The number of carbonyl (C=O) groups excluding carboxylic acids is 1. The number of aryl methyl sites for hydroxylation is 1. The number of nitrogens with zero attached hydrogens (tertiary/aromatic N) is 2. The van der Waals surface area contributed by atoms with E-state index < -0.39 is 0 Å². The Kier molecular flexibility index (Phi) is 5.77. The van der Waals surface area contributed by atoms with E-state index in [9.17, 15) is 4.79 Å². The first-order valence-corrected chi connectivity index (χ1v) is 9.13. The summed E-state index contributed by atoms with van der Waals surface area (Å²) >= 11 is 1.59. The Balaban J connectivity index is 1.66. The molecule has 0 unspecified atom stereocenters. The van der Waals surface area contributed by atoms with E-state index in [1.165, 1.54) is 5.56 Å². The highest BCUT2D eigenvalue weighted by molar-refractivity contribution is 7.09. The SMILES string of the molecule is Cc1nc(/C=C\C(=O)N(CCc2ccccc2)[C@H]2CCOC2)cs1. The Morgan fingerprint density at radius 3 is 2.92 bits per heavy atom. The highest BCUT2D eigenvalue weighted by atomic mass is 32.1. The normalized spacial score (nSPS) is 17.5. The van der Waals surface area contributed by atoms with Crippen LogP contribution in [-0.2, 0) is 16.0 Å². The average Bonchev–Trinajstić information content (AvgIpc) is 3.26. The van der Waals surface area contributed by atoms with Crippen molar-refractivity contribution >= 4 is 23.3 Å². The Morgan fingerprint density at radius 2 is 2.25 bits per heavy atom. The van der Waals surface area contributed by atoms with Crippen LogP contribution in [0.1, 0.15) is 22.7 Å².